The van der Waals surface area contributed by atoms with Crippen LogP contribution in [-0.2, 0) is 0 Å². The Morgan fingerprint density at radius 1 is 1.16 bits per heavy atom. The number of piperidine rings is 1. The van der Waals surface area contributed by atoms with E-state index in [9.17, 15) is 4.79 Å². The molecule has 2 heterocycles. The van der Waals surface area contributed by atoms with Crippen LogP contribution in [0.15, 0.2) is 53.9 Å². The number of hydrogen-bond acceptors (Lipinski definition) is 4. The first-order valence-corrected chi connectivity index (χ1v) is 12.2. The normalized spacial score (nSPS) is 15.2. The van der Waals surface area contributed by atoms with Crippen molar-refractivity contribution in [3.63, 3.8) is 0 Å². The summed E-state index contributed by atoms with van der Waals surface area (Å²) in [6.07, 6.45) is 4.79. The Balaban J connectivity index is 1.44. The second-order valence-corrected chi connectivity index (χ2v) is 9.30. The molecule has 1 saturated heterocycles. The van der Waals surface area contributed by atoms with Gasteiger partial charge >= 0.3 is 0 Å². The number of carbonyl (C=O) groups excluding carboxylic acids is 1. The number of hydrogen-bond donors (Lipinski definition) is 1. The van der Waals surface area contributed by atoms with Gasteiger partial charge in [-0.3, -0.25) is 4.79 Å². The number of aryl methyl sites for hydroxylation is 1. The molecule has 0 saturated carbocycles. The largest absolute Gasteiger partial charge is 0.320 e. The average molecular weight is 434 g/mol. The molecule has 0 spiro atoms. The third-order valence-electron chi connectivity index (χ3n) is 6.03. The summed E-state index contributed by atoms with van der Waals surface area (Å²) in [5.41, 5.74) is 4.63. The van der Waals surface area contributed by atoms with Gasteiger partial charge in [-0.25, -0.2) is 4.98 Å². The zero-order valence-electron chi connectivity index (χ0n) is 18.4. The third kappa shape index (κ3) is 5.41. The van der Waals surface area contributed by atoms with Crippen molar-refractivity contribution in [2.24, 2.45) is 0 Å². The van der Waals surface area contributed by atoms with E-state index in [0.29, 0.717) is 11.6 Å². The van der Waals surface area contributed by atoms with Crippen LogP contribution < -0.4 is 5.32 Å². The van der Waals surface area contributed by atoms with E-state index in [4.69, 9.17) is 4.98 Å². The van der Waals surface area contributed by atoms with Crippen molar-refractivity contribution in [3.8, 4) is 11.1 Å². The van der Waals surface area contributed by atoms with E-state index in [1.165, 1.54) is 19.4 Å². The molecule has 1 amide bonds. The summed E-state index contributed by atoms with van der Waals surface area (Å²) in [6, 6.07) is 16.3. The number of rotatable bonds is 7. The fourth-order valence-electron chi connectivity index (χ4n) is 4.17. The molecular formula is C26H31N3OS. The van der Waals surface area contributed by atoms with E-state index in [0.717, 1.165) is 53.3 Å². The quantitative estimate of drug-likeness (QED) is 0.472. The standard InChI is InChI=1S/C26H31N3OS/c1-3-4-14-29-15-12-21(13-16-29)26-28-24(18-31-26)25(30)27-23-11-10-19(2)17-22(23)20-8-6-5-7-9-20/h5-11,17-18,21H,3-4,12-16H2,1-2H3,(H,27,30). The lowest BCUT2D eigenvalue weighted by molar-refractivity contribution is 0.102. The number of benzene rings is 2. The maximum absolute atomic E-state index is 13.0. The Labute approximate surface area is 189 Å². The minimum atomic E-state index is -0.135. The number of unbranched alkanes of at least 4 members (excludes halogenated alkanes) is 1. The van der Waals surface area contributed by atoms with Gasteiger partial charge in [0.1, 0.15) is 5.69 Å². The second kappa shape index (κ2) is 10.2. The smallest absolute Gasteiger partial charge is 0.275 e. The third-order valence-corrected chi connectivity index (χ3v) is 7.03. The van der Waals surface area contributed by atoms with Gasteiger partial charge in [-0.05, 0) is 63.5 Å². The van der Waals surface area contributed by atoms with E-state index in [1.807, 2.05) is 35.7 Å². The number of likely N-dealkylation sites (tertiary alicyclic amines) is 1. The summed E-state index contributed by atoms with van der Waals surface area (Å²) in [4.78, 5) is 20.3. The minimum absolute atomic E-state index is 0.135. The van der Waals surface area contributed by atoms with Crippen molar-refractivity contribution in [2.45, 2.75) is 45.4 Å². The maximum atomic E-state index is 13.0. The average Bonchev–Trinajstić information content (AvgIpc) is 3.30. The van der Waals surface area contributed by atoms with Gasteiger partial charge in [0.05, 0.1) is 5.01 Å². The van der Waals surface area contributed by atoms with E-state index < -0.39 is 0 Å². The molecule has 1 aliphatic rings. The molecular weight excluding hydrogens is 402 g/mol. The first-order valence-electron chi connectivity index (χ1n) is 11.3. The lowest BCUT2D eigenvalue weighted by Gasteiger charge is -2.30. The molecule has 0 bridgehead atoms. The summed E-state index contributed by atoms with van der Waals surface area (Å²) >= 11 is 1.63. The van der Waals surface area contributed by atoms with Gasteiger partial charge in [0.2, 0.25) is 0 Å². The van der Waals surface area contributed by atoms with Gasteiger partial charge in [0, 0.05) is 22.5 Å². The number of amides is 1. The molecule has 1 N–H and O–H groups in total. The number of carbonyl (C=O) groups is 1. The van der Waals surface area contributed by atoms with Crippen LogP contribution in [0.1, 0.15) is 59.6 Å². The predicted molar refractivity (Wildman–Crippen MR) is 130 cm³/mol. The van der Waals surface area contributed by atoms with Gasteiger partial charge in [-0.1, -0.05) is 55.3 Å². The van der Waals surface area contributed by atoms with Crippen LogP contribution in [0.5, 0.6) is 0 Å². The zero-order valence-corrected chi connectivity index (χ0v) is 19.3. The van der Waals surface area contributed by atoms with Gasteiger partial charge in [-0.15, -0.1) is 11.3 Å². The van der Waals surface area contributed by atoms with Crippen LogP contribution in [0.4, 0.5) is 5.69 Å². The molecule has 2 aromatic carbocycles. The van der Waals surface area contributed by atoms with Crippen molar-refractivity contribution in [3.05, 3.63) is 70.2 Å². The van der Waals surface area contributed by atoms with Crippen LogP contribution in [0.3, 0.4) is 0 Å². The minimum Gasteiger partial charge on any atom is -0.320 e. The molecule has 5 heteroatoms. The van der Waals surface area contributed by atoms with Crippen molar-refractivity contribution in [1.82, 2.24) is 9.88 Å². The summed E-state index contributed by atoms with van der Waals surface area (Å²) in [7, 11) is 0. The second-order valence-electron chi connectivity index (χ2n) is 8.41. The Morgan fingerprint density at radius 2 is 1.94 bits per heavy atom. The Bertz CT molecular complexity index is 1010. The SMILES string of the molecule is CCCCN1CCC(c2nc(C(=O)Nc3ccc(C)cc3-c3ccccc3)cs2)CC1. The van der Waals surface area contributed by atoms with E-state index in [1.54, 1.807) is 11.3 Å². The van der Waals surface area contributed by atoms with Crippen LogP contribution in [0.25, 0.3) is 11.1 Å². The molecule has 1 aromatic heterocycles. The van der Waals surface area contributed by atoms with E-state index >= 15 is 0 Å². The van der Waals surface area contributed by atoms with E-state index in [2.05, 4.69) is 42.3 Å². The molecule has 1 aliphatic heterocycles. The van der Waals surface area contributed by atoms with E-state index in [-0.39, 0.29) is 5.91 Å². The first-order chi connectivity index (χ1) is 15.1. The zero-order chi connectivity index (χ0) is 21.6. The molecule has 162 valence electrons. The molecule has 4 rings (SSSR count). The van der Waals surface area contributed by atoms with Crippen molar-refractivity contribution in [2.75, 3.05) is 25.0 Å². The predicted octanol–water partition coefficient (Wildman–Crippen LogP) is 6.35. The lowest BCUT2D eigenvalue weighted by atomic mass is 9.97. The number of nitrogens with zero attached hydrogens (tertiary/aromatic N) is 2. The highest BCUT2D eigenvalue weighted by Gasteiger charge is 2.24. The molecule has 3 aromatic rings. The summed E-state index contributed by atoms with van der Waals surface area (Å²) < 4.78 is 0. The highest BCUT2D eigenvalue weighted by Crippen LogP contribution is 2.32. The van der Waals surface area contributed by atoms with Crippen molar-refractivity contribution < 1.29 is 4.79 Å². The van der Waals surface area contributed by atoms with Crippen molar-refractivity contribution >= 4 is 22.9 Å². The molecule has 0 aliphatic carbocycles. The van der Waals surface area contributed by atoms with Crippen LogP contribution in [0, 0.1) is 6.92 Å². The Morgan fingerprint density at radius 3 is 2.68 bits per heavy atom. The fraction of sp³-hybridized carbons (Fsp3) is 0.385. The Hall–Kier alpha value is -2.50. The number of anilines is 1. The molecule has 0 unspecified atom stereocenters. The van der Waals surface area contributed by atoms with Gasteiger partial charge in [0.25, 0.3) is 5.91 Å². The topological polar surface area (TPSA) is 45.2 Å². The molecule has 31 heavy (non-hydrogen) atoms. The van der Waals surface area contributed by atoms with Crippen LogP contribution in [-0.4, -0.2) is 35.4 Å². The summed E-state index contributed by atoms with van der Waals surface area (Å²) in [6.45, 7) is 7.78. The number of nitrogens with one attached hydrogen (secondary N) is 1. The van der Waals surface area contributed by atoms with Gasteiger partial charge in [-0.2, -0.15) is 0 Å². The highest BCUT2D eigenvalue weighted by atomic mass is 32.1. The number of thiazole rings is 1. The molecule has 0 atom stereocenters. The van der Waals surface area contributed by atoms with Crippen LogP contribution >= 0.6 is 11.3 Å². The summed E-state index contributed by atoms with van der Waals surface area (Å²) in [5.74, 6) is 0.340. The van der Waals surface area contributed by atoms with Crippen LogP contribution in [0.2, 0.25) is 0 Å². The van der Waals surface area contributed by atoms with Gasteiger partial charge < -0.3 is 10.2 Å². The molecule has 4 nitrogen and oxygen atoms in total. The fourth-order valence-corrected chi connectivity index (χ4v) is 5.15. The summed E-state index contributed by atoms with van der Waals surface area (Å²) in [5, 5.41) is 6.11. The van der Waals surface area contributed by atoms with Gasteiger partial charge in [0.15, 0.2) is 0 Å². The Kier molecular flexibility index (Phi) is 7.15. The first kappa shape index (κ1) is 21.7. The van der Waals surface area contributed by atoms with Crippen molar-refractivity contribution in [1.29, 1.82) is 0 Å². The monoisotopic (exact) mass is 433 g/mol. The molecule has 1 fully saturated rings. The lowest BCUT2D eigenvalue weighted by Crippen LogP contribution is -2.33. The highest BCUT2D eigenvalue weighted by molar-refractivity contribution is 7.10. The maximum Gasteiger partial charge on any atom is 0.275 e. The molecule has 0 radical (unpaired) electrons. The number of aromatic nitrogens is 1.